The molecule has 3 nitrogen and oxygen atoms in total. The number of benzene rings is 2. The Hall–Kier alpha value is -2.13. The molecule has 3 heteroatoms. The van der Waals surface area contributed by atoms with Crippen LogP contribution in [0.2, 0.25) is 0 Å². The summed E-state index contributed by atoms with van der Waals surface area (Å²) in [7, 11) is 0. The monoisotopic (exact) mass is 291 g/mol. The fourth-order valence-electron chi connectivity index (χ4n) is 3.02. The van der Waals surface area contributed by atoms with Crippen LogP contribution in [-0.4, -0.2) is 35.3 Å². The summed E-state index contributed by atoms with van der Waals surface area (Å²) in [5, 5.41) is 6.85. The second-order valence-corrected chi connectivity index (χ2v) is 6.13. The average Bonchev–Trinajstić information content (AvgIpc) is 3.33. The summed E-state index contributed by atoms with van der Waals surface area (Å²) in [6, 6.07) is 22.3. The largest absolute Gasteiger partial charge is 0.291 e. The molecule has 0 radical (unpaired) electrons. The summed E-state index contributed by atoms with van der Waals surface area (Å²) in [4.78, 5) is 2.49. The van der Waals surface area contributed by atoms with E-state index >= 15 is 0 Å². The minimum Gasteiger partial charge on any atom is -0.291 e. The Kier molecular flexibility index (Phi) is 3.65. The normalized spacial score (nSPS) is 24.5. The zero-order valence-electron chi connectivity index (χ0n) is 12.7. The highest BCUT2D eigenvalue weighted by Gasteiger charge is 2.35. The van der Waals surface area contributed by atoms with Crippen LogP contribution in [0.15, 0.2) is 65.8 Å². The predicted molar refractivity (Wildman–Crippen MR) is 89.6 cm³/mol. The van der Waals surface area contributed by atoms with Crippen molar-refractivity contribution >= 4 is 6.21 Å². The molecule has 2 heterocycles. The van der Waals surface area contributed by atoms with E-state index in [0.29, 0.717) is 12.1 Å². The quantitative estimate of drug-likeness (QED) is 0.621. The van der Waals surface area contributed by atoms with Gasteiger partial charge in [-0.3, -0.25) is 9.91 Å². The van der Waals surface area contributed by atoms with E-state index < -0.39 is 0 Å². The van der Waals surface area contributed by atoms with Crippen molar-refractivity contribution in [3.8, 4) is 0 Å². The molecule has 2 unspecified atom stereocenters. The topological polar surface area (TPSA) is 18.6 Å². The fourth-order valence-corrected chi connectivity index (χ4v) is 3.02. The van der Waals surface area contributed by atoms with E-state index in [0.717, 1.165) is 13.1 Å². The lowest BCUT2D eigenvalue weighted by Gasteiger charge is -2.38. The van der Waals surface area contributed by atoms with Crippen molar-refractivity contribution in [1.29, 1.82) is 0 Å². The maximum atomic E-state index is 4.67. The van der Waals surface area contributed by atoms with Crippen LogP contribution in [0.1, 0.15) is 23.6 Å². The van der Waals surface area contributed by atoms with Crippen LogP contribution in [-0.2, 0) is 6.54 Å². The van der Waals surface area contributed by atoms with Gasteiger partial charge in [-0.2, -0.15) is 5.10 Å². The first-order valence-corrected chi connectivity index (χ1v) is 8.04. The Labute approximate surface area is 131 Å². The molecule has 0 aliphatic carbocycles. The number of hydrogen-bond donors (Lipinski definition) is 0. The number of likely N-dealkylation sites (tertiary alicyclic amines) is 1. The van der Waals surface area contributed by atoms with Crippen LogP contribution >= 0.6 is 0 Å². The smallest absolute Gasteiger partial charge is 0.0912 e. The molecule has 4 rings (SSSR count). The molecule has 0 spiro atoms. The van der Waals surface area contributed by atoms with Crippen LogP contribution < -0.4 is 0 Å². The van der Waals surface area contributed by atoms with E-state index in [4.69, 9.17) is 0 Å². The van der Waals surface area contributed by atoms with Crippen LogP contribution in [0.3, 0.4) is 0 Å². The van der Waals surface area contributed by atoms with Gasteiger partial charge in [-0.15, -0.1) is 0 Å². The summed E-state index contributed by atoms with van der Waals surface area (Å²) < 4.78 is 0. The maximum absolute atomic E-state index is 4.67. The van der Waals surface area contributed by atoms with Crippen molar-refractivity contribution in [3.05, 3.63) is 71.8 Å². The molecule has 0 amide bonds. The van der Waals surface area contributed by atoms with E-state index in [1.54, 1.807) is 0 Å². The molecule has 2 aromatic carbocycles. The highest BCUT2D eigenvalue weighted by molar-refractivity contribution is 5.65. The van der Waals surface area contributed by atoms with Crippen molar-refractivity contribution in [2.75, 3.05) is 13.1 Å². The standard InChI is InChI=1S/C19H21N3/c1-3-7-16(8-4-1)14-21-12-11-18(21)13-20-22-15-19(22)17-9-5-2-6-10-17/h1-10,13,18-19H,11-12,14-15H2/b20-13+. The minimum atomic E-state index is 0.486. The van der Waals surface area contributed by atoms with Gasteiger partial charge in [0.05, 0.1) is 12.6 Å². The van der Waals surface area contributed by atoms with Gasteiger partial charge in [-0.25, -0.2) is 0 Å². The van der Waals surface area contributed by atoms with Crippen LogP contribution in [0.5, 0.6) is 0 Å². The number of rotatable bonds is 5. The SMILES string of the molecule is C(=N\N1CC1c1ccccc1)/C1CCN1Cc1ccccc1. The second-order valence-electron chi connectivity index (χ2n) is 6.13. The van der Waals surface area contributed by atoms with Gasteiger partial charge in [0.25, 0.3) is 0 Å². The van der Waals surface area contributed by atoms with Gasteiger partial charge in [0.15, 0.2) is 0 Å². The van der Waals surface area contributed by atoms with Gasteiger partial charge in [0.1, 0.15) is 0 Å². The Morgan fingerprint density at radius 2 is 1.73 bits per heavy atom. The highest BCUT2D eigenvalue weighted by Crippen LogP contribution is 2.34. The molecule has 2 saturated heterocycles. The molecule has 2 atom stereocenters. The third-order valence-corrected chi connectivity index (χ3v) is 4.57. The van der Waals surface area contributed by atoms with Crippen molar-refractivity contribution in [1.82, 2.24) is 9.91 Å². The Morgan fingerprint density at radius 3 is 2.41 bits per heavy atom. The summed E-state index contributed by atoms with van der Waals surface area (Å²) in [6.07, 6.45) is 3.36. The first kappa shape index (κ1) is 13.5. The molecule has 0 aromatic heterocycles. The van der Waals surface area contributed by atoms with Crippen molar-refractivity contribution < 1.29 is 0 Å². The van der Waals surface area contributed by atoms with Gasteiger partial charge in [0, 0.05) is 25.3 Å². The van der Waals surface area contributed by atoms with E-state index in [-0.39, 0.29) is 0 Å². The van der Waals surface area contributed by atoms with Crippen molar-refractivity contribution in [2.24, 2.45) is 5.10 Å². The first-order chi connectivity index (χ1) is 10.9. The lowest BCUT2D eigenvalue weighted by atomic mass is 10.0. The third kappa shape index (κ3) is 2.90. The highest BCUT2D eigenvalue weighted by atomic mass is 15.6. The number of nitrogens with zero attached hydrogens (tertiary/aromatic N) is 3. The Bertz CT molecular complexity index is 638. The Morgan fingerprint density at radius 1 is 1.00 bits per heavy atom. The molecular formula is C19H21N3. The maximum Gasteiger partial charge on any atom is 0.0912 e. The third-order valence-electron chi connectivity index (χ3n) is 4.57. The lowest BCUT2D eigenvalue weighted by Crippen LogP contribution is -2.47. The predicted octanol–water partition coefficient (Wildman–Crippen LogP) is 3.30. The van der Waals surface area contributed by atoms with Crippen LogP contribution in [0.25, 0.3) is 0 Å². The fraction of sp³-hybridized carbons (Fsp3) is 0.316. The van der Waals surface area contributed by atoms with Crippen LogP contribution in [0, 0.1) is 0 Å². The van der Waals surface area contributed by atoms with Gasteiger partial charge < -0.3 is 0 Å². The summed E-state index contributed by atoms with van der Waals surface area (Å²) in [5.74, 6) is 0. The van der Waals surface area contributed by atoms with Crippen molar-refractivity contribution in [2.45, 2.75) is 25.0 Å². The number of hydrogen-bond acceptors (Lipinski definition) is 3. The van der Waals surface area contributed by atoms with E-state index in [2.05, 4.69) is 81.9 Å². The molecule has 0 bridgehead atoms. The molecule has 2 aliphatic rings. The molecule has 22 heavy (non-hydrogen) atoms. The lowest BCUT2D eigenvalue weighted by molar-refractivity contribution is 0.132. The first-order valence-electron chi connectivity index (χ1n) is 8.04. The summed E-state index contributed by atoms with van der Waals surface area (Å²) >= 11 is 0. The minimum absolute atomic E-state index is 0.486. The van der Waals surface area contributed by atoms with Crippen LogP contribution in [0.4, 0.5) is 0 Å². The van der Waals surface area contributed by atoms with E-state index in [9.17, 15) is 0 Å². The molecule has 2 aromatic rings. The zero-order valence-corrected chi connectivity index (χ0v) is 12.7. The average molecular weight is 291 g/mol. The Balaban J connectivity index is 1.31. The summed E-state index contributed by atoms with van der Waals surface area (Å²) in [5.41, 5.74) is 2.75. The molecular weight excluding hydrogens is 270 g/mol. The molecule has 2 aliphatic heterocycles. The zero-order chi connectivity index (χ0) is 14.8. The summed E-state index contributed by atoms with van der Waals surface area (Å²) in [6.45, 7) is 3.25. The van der Waals surface area contributed by atoms with Gasteiger partial charge in [0.2, 0.25) is 0 Å². The van der Waals surface area contributed by atoms with Crippen molar-refractivity contribution in [3.63, 3.8) is 0 Å². The van der Waals surface area contributed by atoms with Gasteiger partial charge in [-0.1, -0.05) is 60.7 Å². The molecule has 2 fully saturated rings. The van der Waals surface area contributed by atoms with E-state index in [1.807, 2.05) is 0 Å². The van der Waals surface area contributed by atoms with Gasteiger partial charge in [-0.05, 0) is 17.5 Å². The van der Waals surface area contributed by atoms with Gasteiger partial charge >= 0.3 is 0 Å². The van der Waals surface area contributed by atoms with E-state index in [1.165, 1.54) is 24.1 Å². The second kappa shape index (κ2) is 5.93. The molecule has 112 valence electrons. The molecule has 0 N–H and O–H groups in total. The number of hydrazone groups is 1. The molecule has 0 saturated carbocycles.